The summed E-state index contributed by atoms with van der Waals surface area (Å²) in [6.07, 6.45) is 1.11. The summed E-state index contributed by atoms with van der Waals surface area (Å²) in [4.78, 5) is 32.9. The fourth-order valence-electron chi connectivity index (χ4n) is 6.03. The number of hydrogen-bond acceptors (Lipinski definition) is 5. The van der Waals surface area contributed by atoms with Crippen LogP contribution in [0.15, 0.2) is 60.7 Å². The zero-order valence-corrected chi connectivity index (χ0v) is 22.2. The molecule has 3 aliphatic rings. The van der Waals surface area contributed by atoms with Gasteiger partial charge in [0.1, 0.15) is 11.7 Å². The summed E-state index contributed by atoms with van der Waals surface area (Å²) in [5.74, 6) is 0.168. The highest BCUT2D eigenvalue weighted by molar-refractivity contribution is 5.81. The number of fused-ring (bicyclic) bond motifs is 1. The van der Waals surface area contributed by atoms with Gasteiger partial charge in [0.2, 0.25) is 0 Å². The topological polar surface area (TPSA) is 62.3 Å². The van der Waals surface area contributed by atoms with Gasteiger partial charge in [0.25, 0.3) is 5.91 Å². The predicted molar refractivity (Wildman–Crippen MR) is 142 cm³/mol. The minimum Gasteiger partial charge on any atom is -0.444 e. The Labute approximate surface area is 220 Å². The Hall–Kier alpha value is -2.90. The molecule has 3 atom stereocenters. The number of ether oxygens (including phenoxy) is 2. The molecule has 2 aromatic rings. The summed E-state index contributed by atoms with van der Waals surface area (Å²) in [5, 5.41) is 0. The van der Waals surface area contributed by atoms with Crippen molar-refractivity contribution < 1.29 is 19.1 Å². The molecule has 2 amide bonds. The molecule has 7 nitrogen and oxygen atoms in total. The minimum absolute atomic E-state index is 0.0281. The van der Waals surface area contributed by atoms with Gasteiger partial charge in [0.15, 0.2) is 0 Å². The number of rotatable bonds is 4. The number of hydrogen-bond donors (Lipinski definition) is 0. The van der Waals surface area contributed by atoms with Crippen molar-refractivity contribution in [2.24, 2.45) is 0 Å². The van der Waals surface area contributed by atoms with E-state index in [2.05, 4.69) is 53.4 Å². The van der Waals surface area contributed by atoms with Crippen molar-refractivity contribution in [1.29, 1.82) is 0 Å². The molecular weight excluding hydrogens is 466 g/mol. The summed E-state index contributed by atoms with van der Waals surface area (Å²) in [6, 6.07) is 21.2. The lowest BCUT2D eigenvalue weighted by Gasteiger charge is -2.53. The van der Waals surface area contributed by atoms with Gasteiger partial charge in [0, 0.05) is 57.3 Å². The van der Waals surface area contributed by atoms with Gasteiger partial charge in [-0.25, -0.2) is 4.79 Å². The molecule has 3 saturated heterocycles. The van der Waals surface area contributed by atoms with Crippen LogP contribution >= 0.6 is 0 Å². The van der Waals surface area contributed by atoms with Gasteiger partial charge in [-0.3, -0.25) is 9.69 Å². The van der Waals surface area contributed by atoms with E-state index in [1.165, 1.54) is 11.1 Å². The molecule has 3 aliphatic heterocycles. The van der Waals surface area contributed by atoms with Gasteiger partial charge in [0.05, 0.1) is 0 Å². The molecular formula is C30H39N3O4. The van der Waals surface area contributed by atoms with E-state index in [0.29, 0.717) is 32.8 Å². The van der Waals surface area contributed by atoms with Crippen LogP contribution in [0.2, 0.25) is 0 Å². The summed E-state index contributed by atoms with van der Waals surface area (Å²) in [5.41, 5.74) is 1.87. The molecule has 0 unspecified atom stereocenters. The maximum atomic E-state index is 13.3. The quantitative estimate of drug-likeness (QED) is 0.625. The maximum Gasteiger partial charge on any atom is 0.410 e. The molecule has 0 N–H and O–H groups in total. The van der Waals surface area contributed by atoms with E-state index in [-0.39, 0.29) is 36.1 Å². The second kappa shape index (κ2) is 10.8. The third kappa shape index (κ3) is 5.83. The van der Waals surface area contributed by atoms with Crippen molar-refractivity contribution in [3.63, 3.8) is 0 Å². The first-order valence-electron chi connectivity index (χ1n) is 13.5. The molecule has 5 rings (SSSR count). The Morgan fingerprint density at radius 1 is 0.892 bits per heavy atom. The molecule has 2 aromatic carbocycles. The second-order valence-electron chi connectivity index (χ2n) is 11.4. The molecule has 0 spiro atoms. The second-order valence-corrected chi connectivity index (χ2v) is 11.4. The van der Waals surface area contributed by atoms with Crippen LogP contribution in [0.25, 0.3) is 0 Å². The van der Waals surface area contributed by atoms with Gasteiger partial charge in [-0.1, -0.05) is 60.7 Å². The van der Waals surface area contributed by atoms with Gasteiger partial charge in [-0.15, -0.1) is 0 Å². The average molecular weight is 506 g/mol. The SMILES string of the molecule is CC(C)(C)OC(=O)N1C[C@@H]2CN(C(=O)[C@@H]3CCCO3)CCN2[C@H](C(c2ccccc2)c2ccccc2)C1. The number of amides is 2. The Balaban J connectivity index is 1.47. The third-order valence-corrected chi connectivity index (χ3v) is 7.66. The van der Waals surface area contributed by atoms with Crippen molar-refractivity contribution in [3.05, 3.63) is 71.8 Å². The highest BCUT2D eigenvalue weighted by Crippen LogP contribution is 2.36. The first kappa shape index (κ1) is 25.7. The lowest BCUT2D eigenvalue weighted by atomic mass is 9.81. The van der Waals surface area contributed by atoms with Crippen LogP contribution < -0.4 is 0 Å². The first-order chi connectivity index (χ1) is 17.8. The molecule has 198 valence electrons. The molecule has 3 heterocycles. The Kier molecular flexibility index (Phi) is 7.54. The van der Waals surface area contributed by atoms with Crippen molar-refractivity contribution in [1.82, 2.24) is 14.7 Å². The van der Waals surface area contributed by atoms with Gasteiger partial charge in [-0.2, -0.15) is 0 Å². The number of piperazine rings is 2. The lowest BCUT2D eigenvalue weighted by Crippen LogP contribution is -2.68. The van der Waals surface area contributed by atoms with E-state index in [1.807, 2.05) is 42.7 Å². The molecule has 3 fully saturated rings. The lowest BCUT2D eigenvalue weighted by molar-refractivity contribution is -0.146. The summed E-state index contributed by atoms with van der Waals surface area (Å²) >= 11 is 0. The molecule has 0 bridgehead atoms. The van der Waals surface area contributed by atoms with Gasteiger partial charge >= 0.3 is 6.09 Å². The predicted octanol–water partition coefficient (Wildman–Crippen LogP) is 4.13. The van der Waals surface area contributed by atoms with E-state index >= 15 is 0 Å². The fourth-order valence-corrected chi connectivity index (χ4v) is 6.03. The normalized spacial score (nSPS) is 24.7. The largest absolute Gasteiger partial charge is 0.444 e. The number of carbonyl (C=O) groups is 2. The van der Waals surface area contributed by atoms with E-state index in [9.17, 15) is 9.59 Å². The molecule has 37 heavy (non-hydrogen) atoms. The van der Waals surface area contributed by atoms with Crippen molar-refractivity contribution in [3.8, 4) is 0 Å². The van der Waals surface area contributed by atoms with E-state index in [0.717, 1.165) is 19.4 Å². The van der Waals surface area contributed by atoms with Crippen molar-refractivity contribution in [2.45, 2.75) is 63.3 Å². The Morgan fingerprint density at radius 2 is 1.51 bits per heavy atom. The monoisotopic (exact) mass is 505 g/mol. The van der Waals surface area contributed by atoms with Gasteiger partial charge in [-0.05, 0) is 44.7 Å². The van der Waals surface area contributed by atoms with Crippen molar-refractivity contribution in [2.75, 3.05) is 39.3 Å². The summed E-state index contributed by atoms with van der Waals surface area (Å²) in [7, 11) is 0. The van der Waals surface area contributed by atoms with Gasteiger partial charge < -0.3 is 19.3 Å². The fraction of sp³-hybridized carbons (Fsp3) is 0.533. The van der Waals surface area contributed by atoms with E-state index in [1.54, 1.807) is 0 Å². The van der Waals surface area contributed by atoms with Crippen LogP contribution in [0, 0.1) is 0 Å². The Morgan fingerprint density at radius 3 is 2.08 bits per heavy atom. The summed E-state index contributed by atoms with van der Waals surface area (Å²) in [6.45, 7) is 9.50. The highest BCUT2D eigenvalue weighted by atomic mass is 16.6. The highest BCUT2D eigenvalue weighted by Gasteiger charge is 2.45. The molecule has 7 heteroatoms. The van der Waals surface area contributed by atoms with Crippen molar-refractivity contribution >= 4 is 12.0 Å². The van der Waals surface area contributed by atoms with Crippen LogP contribution in [-0.4, -0.2) is 89.8 Å². The van der Waals surface area contributed by atoms with Crippen LogP contribution in [0.1, 0.15) is 50.7 Å². The van der Waals surface area contributed by atoms with Crippen LogP contribution in [0.3, 0.4) is 0 Å². The van der Waals surface area contributed by atoms with Crippen LogP contribution in [0.4, 0.5) is 4.79 Å². The number of nitrogens with zero attached hydrogens (tertiary/aromatic N) is 3. The average Bonchev–Trinajstić information content (AvgIpc) is 3.43. The molecule has 0 radical (unpaired) electrons. The standard InChI is InChI=1S/C30H39N3O4/c1-30(2,3)37-29(35)32-20-24-19-31(28(34)26-15-10-18-36-26)16-17-33(24)25(21-32)27(22-11-6-4-7-12-22)23-13-8-5-9-14-23/h4-9,11-14,24-27H,10,15-21H2,1-3H3/t24-,25-,26-/m0/s1. The number of carbonyl (C=O) groups excluding carboxylic acids is 2. The van der Waals surface area contributed by atoms with E-state index < -0.39 is 5.60 Å². The minimum atomic E-state index is -0.573. The van der Waals surface area contributed by atoms with Crippen LogP contribution in [0.5, 0.6) is 0 Å². The maximum absolute atomic E-state index is 13.3. The number of benzene rings is 2. The zero-order valence-electron chi connectivity index (χ0n) is 22.2. The Bertz CT molecular complexity index is 1030. The van der Waals surface area contributed by atoms with Crippen LogP contribution in [-0.2, 0) is 14.3 Å². The third-order valence-electron chi connectivity index (χ3n) is 7.66. The smallest absolute Gasteiger partial charge is 0.410 e. The molecule has 0 saturated carbocycles. The summed E-state index contributed by atoms with van der Waals surface area (Å²) < 4.78 is 11.5. The molecule has 0 aromatic heterocycles. The first-order valence-corrected chi connectivity index (χ1v) is 13.5. The zero-order chi connectivity index (χ0) is 26.0. The molecule has 0 aliphatic carbocycles. The van der Waals surface area contributed by atoms with E-state index in [4.69, 9.17) is 9.47 Å².